The first kappa shape index (κ1) is 20.6. The molecular weight excluding hydrogens is 368 g/mol. The average Bonchev–Trinajstić information content (AvgIpc) is 2.65. The highest BCUT2D eigenvalue weighted by molar-refractivity contribution is 7.89. The fourth-order valence-corrected chi connectivity index (χ4v) is 2.92. The summed E-state index contributed by atoms with van der Waals surface area (Å²) in [5.41, 5.74) is 2.18. The molecule has 0 aliphatic carbocycles. The van der Waals surface area contributed by atoms with Crippen LogP contribution in [0, 0.1) is 0 Å². The SMILES string of the molecule is CCc1ccc(C(=O)OCC(=O)N[C@@H](C)c2ccc(S(N)(=O)=O)cc2)cc1. The number of carbonyl (C=O) groups excluding carboxylic acids is 2. The molecule has 0 spiro atoms. The molecule has 1 atom stereocenters. The topological polar surface area (TPSA) is 116 Å². The van der Waals surface area contributed by atoms with E-state index in [1.54, 1.807) is 31.2 Å². The van der Waals surface area contributed by atoms with E-state index in [1.165, 1.54) is 12.1 Å². The van der Waals surface area contributed by atoms with Gasteiger partial charge in [0.15, 0.2) is 6.61 Å². The average molecular weight is 390 g/mol. The molecule has 144 valence electrons. The predicted molar refractivity (Wildman–Crippen MR) is 100 cm³/mol. The van der Waals surface area contributed by atoms with Crippen LogP contribution in [0.15, 0.2) is 53.4 Å². The summed E-state index contributed by atoms with van der Waals surface area (Å²) < 4.78 is 27.5. The molecule has 7 nitrogen and oxygen atoms in total. The number of rotatable bonds is 7. The van der Waals surface area contributed by atoms with Crippen molar-refractivity contribution in [2.75, 3.05) is 6.61 Å². The Morgan fingerprint density at radius 2 is 1.67 bits per heavy atom. The largest absolute Gasteiger partial charge is 0.452 e. The normalized spacial score (nSPS) is 12.3. The summed E-state index contributed by atoms with van der Waals surface area (Å²) in [6.45, 7) is 3.34. The monoisotopic (exact) mass is 390 g/mol. The molecule has 27 heavy (non-hydrogen) atoms. The van der Waals surface area contributed by atoms with Gasteiger partial charge in [0, 0.05) is 0 Å². The van der Waals surface area contributed by atoms with E-state index in [-0.39, 0.29) is 4.90 Å². The first-order chi connectivity index (χ1) is 12.7. The van der Waals surface area contributed by atoms with Crippen molar-refractivity contribution in [2.24, 2.45) is 5.14 Å². The number of ether oxygens (including phenoxy) is 1. The third-order valence-corrected chi connectivity index (χ3v) is 4.95. The Bertz CT molecular complexity index is 906. The first-order valence-electron chi connectivity index (χ1n) is 8.39. The Kier molecular flexibility index (Phi) is 6.70. The lowest BCUT2D eigenvalue weighted by molar-refractivity contribution is -0.124. The Balaban J connectivity index is 1.88. The van der Waals surface area contributed by atoms with Gasteiger partial charge in [-0.2, -0.15) is 0 Å². The molecule has 2 rings (SSSR count). The number of nitrogens with one attached hydrogen (secondary N) is 1. The van der Waals surface area contributed by atoms with Crippen LogP contribution < -0.4 is 10.5 Å². The van der Waals surface area contributed by atoms with Crippen molar-refractivity contribution in [3.63, 3.8) is 0 Å². The summed E-state index contributed by atoms with van der Waals surface area (Å²) in [7, 11) is -3.76. The molecule has 3 N–H and O–H groups in total. The van der Waals surface area contributed by atoms with Crippen molar-refractivity contribution in [2.45, 2.75) is 31.2 Å². The molecule has 0 fully saturated rings. The smallest absolute Gasteiger partial charge is 0.338 e. The number of carbonyl (C=O) groups is 2. The van der Waals surface area contributed by atoms with E-state index >= 15 is 0 Å². The zero-order valence-corrected chi connectivity index (χ0v) is 16.0. The van der Waals surface area contributed by atoms with Gasteiger partial charge in [-0.1, -0.05) is 31.2 Å². The van der Waals surface area contributed by atoms with Crippen LogP contribution >= 0.6 is 0 Å². The Morgan fingerprint density at radius 3 is 2.19 bits per heavy atom. The predicted octanol–water partition coefficient (Wildman–Crippen LogP) is 1.93. The number of amides is 1. The Labute approximate surface area is 158 Å². The van der Waals surface area contributed by atoms with E-state index in [2.05, 4.69) is 5.32 Å². The number of sulfonamides is 1. The van der Waals surface area contributed by atoms with Crippen LogP contribution in [0.3, 0.4) is 0 Å². The standard InChI is InChI=1S/C19H22N2O5S/c1-3-14-4-6-16(7-5-14)19(23)26-12-18(22)21-13(2)15-8-10-17(11-9-15)27(20,24)25/h4-11,13H,3,12H2,1-2H3,(H,21,22)(H2,20,24,25)/t13-/m0/s1. The molecule has 0 saturated heterocycles. The number of hydrogen-bond donors (Lipinski definition) is 2. The second-order valence-corrected chi connectivity index (χ2v) is 7.59. The van der Waals surface area contributed by atoms with Crippen molar-refractivity contribution in [1.82, 2.24) is 5.32 Å². The summed E-state index contributed by atoms with van der Waals surface area (Å²) in [6, 6.07) is 12.5. The molecule has 0 unspecified atom stereocenters. The molecule has 0 heterocycles. The maximum Gasteiger partial charge on any atom is 0.338 e. The molecular formula is C19H22N2O5S. The van der Waals surface area contributed by atoms with Gasteiger partial charge in [-0.3, -0.25) is 4.79 Å². The lowest BCUT2D eigenvalue weighted by Gasteiger charge is -2.15. The fourth-order valence-electron chi connectivity index (χ4n) is 2.40. The quantitative estimate of drug-likeness (QED) is 0.701. The van der Waals surface area contributed by atoms with Gasteiger partial charge < -0.3 is 10.1 Å². The van der Waals surface area contributed by atoms with Crippen LogP contribution in [-0.4, -0.2) is 26.9 Å². The summed E-state index contributed by atoms with van der Waals surface area (Å²) in [6.07, 6.45) is 0.869. The molecule has 0 bridgehead atoms. The second-order valence-electron chi connectivity index (χ2n) is 6.03. The zero-order chi connectivity index (χ0) is 20.0. The van der Waals surface area contributed by atoms with Gasteiger partial charge in [-0.25, -0.2) is 18.4 Å². The van der Waals surface area contributed by atoms with E-state index in [4.69, 9.17) is 9.88 Å². The second kappa shape index (κ2) is 8.79. The molecule has 0 aromatic heterocycles. The van der Waals surface area contributed by atoms with Crippen LogP contribution in [0.5, 0.6) is 0 Å². The van der Waals surface area contributed by atoms with Crippen molar-refractivity contribution in [1.29, 1.82) is 0 Å². The van der Waals surface area contributed by atoms with Gasteiger partial charge in [0.05, 0.1) is 16.5 Å². The number of primary sulfonamides is 1. The lowest BCUT2D eigenvalue weighted by Crippen LogP contribution is -2.31. The van der Waals surface area contributed by atoms with Gasteiger partial charge in [0.25, 0.3) is 5.91 Å². The number of esters is 1. The maximum atomic E-state index is 12.0. The number of nitrogens with two attached hydrogens (primary N) is 1. The van der Waals surface area contributed by atoms with Crippen molar-refractivity contribution >= 4 is 21.9 Å². The molecule has 2 aromatic carbocycles. The number of hydrogen-bond acceptors (Lipinski definition) is 5. The highest BCUT2D eigenvalue weighted by atomic mass is 32.2. The zero-order valence-electron chi connectivity index (χ0n) is 15.1. The fraction of sp³-hybridized carbons (Fsp3) is 0.263. The van der Waals surface area contributed by atoms with E-state index in [9.17, 15) is 18.0 Å². The van der Waals surface area contributed by atoms with Crippen molar-refractivity contribution in [3.05, 3.63) is 65.2 Å². The third-order valence-electron chi connectivity index (χ3n) is 4.02. The van der Waals surface area contributed by atoms with Crippen molar-refractivity contribution in [3.8, 4) is 0 Å². The summed E-state index contributed by atoms with van der Waals surface area (Å²) in [4.78, 5) is 23.9. The van der Waals surface area contributed by atoms with E-state index in [0.717, 1.165) is 12.0 Å². The maximum absolute atomic E-state index is 12.0. The van der Waals surface area contributed by atoms with Gasteiger partial charge in [0.2, 0.25) is 10.0 Å². The Morgan fingerprint density at radius 1 is 1.07 bits per heavy atom. The molecule has 0 radical (unpaired) electrons. The van der Waals surface area contributed by atoms with Crippen LogP contribution in [0.25, 0.3) is 0 Å². The molecule has 0 saturated carbocycles. The first-order valence-corrected chi connectivity index (χ1v) is 9.93. The molecule has 8 heteroatoms. The van der Waals surface area contributed by atoms with Gasteiger partial charge in [-0.15, -0.1) is 0 Å². The van der Waals surface area contributed by atoms with Crippen LogP contribution in [-0.2, 0) is 26.0 Å². The number of aryl methyl sites for hydroxylation is 1. The van der Waals surface area contributed by atoms with Gasteiger partial charge >= 0.3 is 5.97 Å². The van der Waals surface area contributed by atoms with E-state index in [0.29, 0.717) is 11.1 Å². The van der Waals surface area contributed by atoms with Crippen LogP contribution in [0.1, 0.15) is 41.4 Å². The summed E-state index contributed by atoms with van der Waals surface area (Å²) in [5, 5.41) is 7.73. The lowest BCUT2D eigenvalue weighted by atomic mass is 10.1. The van der Waals surface area contributed by atoms with Crippen molar-refractivity contribution < 1.29 is 22.7 Å². The minimum absolute atomic E-state index is 0.00667. The summed E-state index contributed by atoms with van der Waals surface area (Å²) in [5.74, 6) is -1.03. The highest BCUT2D eigenvalue weighted by Gasteiger charge is 2.14. The third kappa shape index (κ3) is 5.90. The highest BCUT2D eigenvalue weighted by Crippen LogP contribution is 2.15. The minimum atomic E-state index is -3.76. The molecule has 0 aliphatic rings. The molecule has 2 aromatic rings. The Hall–Kier alpha value is -2.71. The van der Waals surface area contributed by atoms with Gasteiger partial charge in [0.1, 0.15) is 0 Å². The van der Waals surface area contributed by atoms with Gasteiger partial charge in [-0.05, 0) is 48.7 Å². The van der Waals surface area contributed by atoms with Crippen LogP contribution in [0.4, 0.5) is 0 Å². The molecule has 1 amide bonds. The number of benzene rings is 2. The summed E-state index contributed by atoms with van der Waals surface area (Å²) >= 11 is 0. The van der Waals surface area contributed by atoms with E-state index < -0.39 is 34.5 Å². The minimum Gasteiger partial charge on any atom is -0.452 e. The van der Waals surface area contributed by atoms with Crippen LogP contribution in [0.2, 0.25) is 0 Å². The van der Waals surface area contributed by atoms with E-state index in [1.807, 2.05) is 19.1 Å². The molecule has 0 aliphatic heterocycles.